The second-order valence-corrected chi connectivity index (χ2v) is 5.31. The molecule has 0 N–H and O–H groups in total. The van der Waals surface area contributed by atoms with E-state index in [-0.39, 0.29) is 11.6 Å². The predicted octanol–water partition coefficient (Wildman–Crippen LogP) is 1.64. The quantitative estimate of drug-likeness (QED) is 0.790. The fraction of sp³-hybridized carbons (Fsp3) is 0.308. The number of carbonyl (C=O) groups excluding carboxylic acids is 1. The third kappa shape index (κ3) is 2.62. The Kier molecular flexibility index (Phi) is 3.60. The number of carbonyl (C=O) groups is 1. The summed E-state index contributed by atoms with van der Waals surface area (Å²) in [6.07, 6.45) is 1.77. The van der Waals surface area contributed by atoms with Gasteiger partial charge < -0.3 is 9.80 Å². The molecule has 1 aliphatic rings. The fourth-order valence-electron chi connectivity index (χ4n) is 2.16. The van der Waals surface area contributed by atoms with Crippen LogP contribution in [0.2, 0.25) is 0 Å². The number of thiazole rings is 1. The average Bonchev–Trinajstić information content (AvgIpc) is 3.01. The molecule has 0 bridgehead atoms. The molecular formula is C13H13FN4OS. The number of rotatable bonds is 2. The zero-order valence-corrected chi connectivity index (χ0v) is 11.5. The number of nitrogens with zero attached hydrogens (tertiary/aromatic N) is 4. The van der Waals surface area contributed by atoms with E-state index in [1.54, 1.807) is 28.5 Å². The Hall–Kier alpha value is -2.02. The van der Waals surface area contributed by atoms with Gasteiger partial charge in [-0.15, -0.1) is 11.3 Å². The first kappa shape index (κ1) is 13.0. The highest BCUT2D eigenvalue weighted by Gasteiger charge is 2.24. The minimum atomic E-state index is -0.628. The normalized spacial score (nSPS) is 15.4. The molecule has 0 aliphatic carbocycles. The van der Waals surface area contributed by atoms with Gasteiger partial charge in [-0.3, -0.25) is 4.79 Å². The van der Waals surface area contributed by atoms with Crippen LogP contribution >= 0.6 is 11.3 Å². The molecule has 3 heterocycles. The smallest absolute Gasteiger partial charge is 0.272 e. The molecule has 2 aromatic heterocycles. The molecule has 5 nitrogen and oxygen atoms in total. The van der Waals surface area contributed by atoms with Gasteiger partial charge >= 0.3 is 0 Å². The molecule has 1 aliphatic heterocycles. The van der Waals surface area contributed by atoms with E-state index < -0.39 is 5.95 Å². The van der Waals surface area contributed by atoms with Crippen LogP contribution in [-0.4, -0.2) is 47.0 Å². The van der Waals surface area contributed by atoms with E-state index in [0.29, 0.717) is 13.1 Å². The summed E-state index contributed by atoms with van der Waals surface area (Å²) in [7, 11) is 0. The topological polar surface area (TPSA) is 49.3 Å². The van der Waals surface area contributed by atoms with Crippen LogP contribution in [0.15, 0.2) is 29.8 Å². The Balaban J connectivity index is 1.65. The molecule has 0 radical (unpaired) electrons. The van der Waals surface area contributed by atoms with E-state index >= 15 is 0 Å². The number of halogens is 1. The van der Waals surface area contributed by atoms with Crippen molar-refractivity contribution in [2.24, 2.45) is 0 Å². The summed E-state index contributed by atoms with van der Waals surface area (Å²) in [4.78, 5) is 24.0. The van der Waals surface area contributed by atoms with E-state index in [1.165, 1.54) is 12.1 Å². The lowest BCUT2D eigenvalue weighted by atomic mass is 10.2. The van der Waals surface area contributed by atoms with Gasteiger partial charge in [0.25, 0.3) is 5.91 Å². The highest BCUT2D eigenvalue weighted by molar-refractivity contribution is 7.13. The van der Waals surface area contributed by atoms with Gasteiger partial charge in [-0.1, -0.05) is 6.07 Å². The summed E-state index contributed by atoms with van der Waals surface area (Å²) >= 11 is 1.59. The standard InChI is InChI=1S/C13H13FN4OS/c14-11-3-1-2-10(16-11)12(19)17-5-7-18(8-6-17)13-15-4-9-20-13/h1-4,9H,5-8H2. The summed E-state index contributed by atoms with van der Waals surface area (Å²) < 4.78 is 13.0. The number of amides is 1. The van der Waals surface area contributed by atoms with E-state index in [4.69, 9.17) is 0 Å². The number of aromatic nitrogens is 2. The van der Waals surface area contributed by atoms with Crippen LogP contribution in [0.4, 0.5) is 9.52 Å². The molecular weight excluding hydrogens is 279 g/mol. The Bertz CT molecular complexity index is 596. The van der Waals surface area contributed by atoms with Crippen molar-refractivity contribution < 1.29 is 9.18 Å². The third-order valence-corrected chi connectivity index (χ3v) is 4.02. The molecule has 0 unspecified atom stereocenters. The first-order chi connectivity index (χ1) is 9.74. The van der Waals surface area contributed by atoms with Gasteiger partial charge in [0, 0.05) is 37.8 Å². The van der Waals surface area contributed by atoms with E-state index in [2.05, 4.69) is 14.9 Å². The molecule has 20 heavy (non-hydrogen) atoms. The molecule has 0 saturated carbocycles. The zero-order valence-electron chi connectivity index (χ0n) is 10.7. The number of hydrogen-bond donors (Lipinski definition) is 0. The lowest BCUT2D eigenvalue weighted by molar-refractivity contribution is 0.0739. The van der Waals surface area contributed by atoms with Crippen molar-refractivity contribution in [3.63, 3.8) is 0 Å². The van der Waals surface area contributed by atoms with E-state index in [9.17, 15) is 9.18 Å². The fourth-order valence-corrected chi connectivity index (χ4v) is 2.86. The van der Waals surface area contributed by atoms with E-state index in [0.717, 1.165) is 18.2 Å². The maximum atomic E-state index is 13.0. The molecule has 1 amide bonds. The summed E-state index contributed by atoms with van der Waals surface area (Å²) in [6, 6.07) is 4.27. The van der Waals surface area contributed by atoms with Crippen LogP contribution < -0.4 is 4.90 Å². The van der Waals surface area contributed by atoms with Gasteiger partial charge in [0.2, 0.25) is 5.95 Å². The number of piperazine rings is 1. The third-order valence-electron chi connectivity index (χ3n) is 3.19. The lowest BCUT2D eigenvalue weighted by Gasteiger charge is -2.34. The minimum Gasteiger partial charge on any atom is -0.345 e. The molecule has 0 spiro atoms. The first-order valence-corrected chi connectivity index (χ1v) is 7.18. The van der Waals surface area contributed by atoms with Gasteiger partial charge in [0.15, 0.2) is 5.13 Å². The number of pyridine rings is 1. The van der Waals surface area contributed by atoms with E-state index in [1.807, 2.05) is 5.38 Å². The second kappa shape index (κ2) is 5.54. The molecule has 0 atom stereocenters. The van der Waals surface area contributed by atoms with Crippen molar-refractivity contribution in [3.8, 4) is 0 Å². The first-order valence-electron chi connectivity index (χ1n) is 6.30. The molecule has 1 saturated heterocycles. The highest BCUT2D eigenvalue weighted by atomic mass is 32.1. The molecule has 7 heteroatoms. The van der Waals surface area contributed by atoms with Gasteiger partial charge in [-0.05, 0) is 12.1 Å². The zero-order chi connectivity index (χ0) is 13.9. The lowest BCUT2D eigenvalue weighted by Crippen LogP contribution is -2.49. The Morgan fingerprint density at radius 2 is 2.05 bits per heavy atom. The molecule has 3 rings (SSSR count). The predicted molar refractivity (Wildman–Crippen MR) is 74.4 cm³/mol. The van der Waals surface area contributed by atoms with Crippen molar-refractivity contribution in [3.05, 3.63) is 41.4 Å². The van der Waals surface area contributed by atoms with Crippen molar-refractivity contribution in [2.45, 2.75) is 0 Å². The van der Waals surface area contributed by atoms with Crippen LogP contribution in [0.3, 0.4) is 0 Å². The largest absolute Gasteiger partial charge is 0.345 e. The van der Waals surface area contributed by atoms with Crippen LogP contribution in [0.1, 0.15) is 10.5 Å². The number of anilines is 1. The molecule has 0 aromatic carbocycles. The van der Waals surface area contributed by atoms with Gasteiger partial charge in [-0.25, -0.2) is 9.97 Å². The van der Waals surface area contributed by atoms with Crippen LogP contribution in [0.5, 0.6) is 0 Å². The van der Waals surface area contributed by atoms with Crippen molar-refractivity contribution in [2.75, 3.05) is 31.1 Å². The van der Waals surface area contributed by atoms with Crippen LogP contribution in [0, 0.1) is 5.95 Å². The van der Waals surface area contributed by atoms with Gasteiger partial charge in [0.1, 0.15) is 5.69 Å². The SMILES string of the molecule is O=C(c1cccc(F)n1)N1CCN(c2nccs2)CC1. The van der Waals surface area contributed by atoms with Gasteiger partial charge in [-0.2, -0.15) is 4.39 Å². The maximum absolute atomic E-state index is 13.0. The maximum Gasteiger partial charge on any atom is 0.272 e. The Labute approximate surface area is 119 Å². The minimum absolute atomic E-state index is 0.160. The van der Waals surface area contributed by atoms with Crippen molar-refractivity contribution >= 4 is 22.4 Å². The number of hydrogen-bond acceptors (Lipinski definition) is 5. The average molecular weight is 292 g/mol. The van der Waals surface area contributed by atoms with Crippen molar-refractivity contribution in [1.82, 2.24) is 14.9 Å². The summed E-state index contributed by atoms with van der Waals surface area (Å²) in [5.74, 6) is -0.847. The second-order valence-electron chi connectivity index (χ2n) is 4.44. The molecule has 2 aromatic rings. The summed E-state index contributed by atoms with van der Waals surface area (Å²) in [5.41, 5.74) is 0.160. The summed E-state index contributed by atoms with van der Waals surface area (Å²) in [6.45, 7) is 2.65. The molecule has 1 fully saturated rings. The monoisotopic (exact) mass is 292 g/mol. The molecule has 104 valence electrons. The van der Waals surface area contributed by atoms with Crippen molar-refractivity contribution in [1.29, 1.82) is 0 Å². The Morgan fingerprint density at radius 1 is 1.25 bits per heavy atom. The van der Waals surface area contributed by atoms with Gasteiger partial charge in [0.05, 0.1) is 0 Å². The Morgan fingerprint density at radius 3 is 2.70 bits per heavy atom. The highest BCUT2D eigenvalue weighted by Crippen LogP contribution is 2.19. The van der Waals surface area contributed by atoms with Crippen LogP contribution in [0.25, 0.3) is 0 Å². The summed E-state index contributed by atoms with van der Waals surface area (Å²) in [5, 5.41) is 2.91. The van der Waals surface area contributed by atoms with Crippen LogP contribution in [-0.2, 0) is 0 Å².